The average molecular weight is 260 g/mol. The van der Waals surface area contributed by atoms with Gasteiger partial charge in [-0.05, 0) is 12.0 Å². The Morgan fingerprint density at radius 1 is 1.32 bits per heavy atom. The number of pyridine rings is 1. The smallest absolute Gasteiger partial charge is 0.213 e. The number of hydrogen-bond donors (Lipinski definition) is 1. The van der Waals surface area contributed by atoms with E-state index in [0.717, 1.165) is 11.4 Å². The van der Waals surface area contributed by atoms with Crippen LogP contribution < -0.4 is 10.5 Å². The van der Waals surface area contributed by atoms with Gasteiger partial charge < -0.3 is 15.0 Å². The highest BCUT2D eigenvalue weighted by molar-refractivity contribution is 5.34. The van der Waals surface area contributed by atoms with E-state index in [-0.39, 0.29) is 5.92 Å². The molecule has 19 heavy (non-hydrogen) atoms. The molecule has 0 aliphatic rings. The van der Waals surface area contributed by atoms with Gasteiger partial charge in [0.1, 0.15) is 0 Å². The van der Waals surface area contributed by atoms with E-state index >= 15 is 0 Å². The summed E-state index contributed by atoms with van der Waals surface area (Å²) in [5, 5.41) is 0. The summed E-state index contributed by atoms with van der Waals surface area (Å²) in [7, 11) is 1.61. The normalized spacial score (nSPS) is 12.7. The summed E-state index contributed by atoms with van der Waals surface area (Å²) in [6.45, 7) is 4.94. The highest BCUT2D eigenvalue weighted by Crippen LogP contribution is 2.25. The number of ether oxygens (including phenoxy) is 1. The van der Waals surface area contributed by atoms with Crippen LogP contribution in [0.1, 0.15) is 25.5 Å². The Labute approximate surface area is 113 Å². The molecule has 0 amide bonds. The van der Waals surface area contributed by atoms with Gasteiger partial charge in [-0.1, -0.05) is 13.8 Å². The van der Waals surface area contributed by atoms with E-state index in [1.54, 1.807) is 19.6 Å². The molecule has 0 radical (unpaired) electrons. The standard InChI is InChI=1S/C14H20N4O/c1-10(2)12(6-15)13-8-16-9-18(13)11-4-5-14(19-3)17-7-11/h4-5,7-10,12H,6,15H2,1-3H3. The molecule has 2 aromatic rings. The number of aromatic nitrogens is 3. The summed E-state index contributed by atoms with van der Waals surface area (Å²) in [6.07, 6.45) is 5.45. The van der Waals surface area contributed by atoms with E-state index in [9.17, 15) is 0 Å². The summed E-state index contributed by atoms with van der Waals surface area (Å²) >= 11 is 0. The first-order valence-electron chi connectivity index (χ1n) is 6.40. The first-order chi connectivity index (χ1) is 9.17. The van der Waals surface area contributed by atoms with Crippen LogP contribution >= 0.6 is 0 Å². The van der Waals surface area contributed by atoms with Crippen molar-refractivity contribution in [3.8, 4) is 11.6 Å². The summed E-state index contributed by atoms with van der Waals surface area (Å²) in [4.78, 5) is 8.46. The van der Waals surface area contributed by atoms with Gasteiger partial charge in [0.15, 0.2) is 0 Å². The van der Waals surface area contributed by atoms with Gasteiger partial charge in [-0.3, -0.25) is 0 Å². The lowest BCUT2D eigenvalue weighted by atomic mass is 9.93. The molecule has 5 heteroatoms. The second-order valence-electron chi connectivity index (χ2n) is 4.83. The fourth-order valence-corrected chi connectivity index (χ4v) is 2.17. The van der Waals surface area contributed by atoms with Crippen molar-refractivity contribution in [1.29, 1.82) is 0 Å². The average Bonchev–Trinajstić information content (AvgIpc) is 2.88. The molecule has 0 fully saturated rings. The first kappa shape index (κ1) is 13.5. The second-order valence-corrected chi connectivity index (χ2v) is 4.83. The minimum absolute atomic E-state index is 0.282. The maximum absolute atomic E-state index is 5.88. The van der Waals surface area contributed by atoms with Crippen LogP contribution in [0, 0.1) is 5.92 Å². The number of nitrogens with two attached hydrogens (primary N) is 1. The molecule has 0 spiro atoms. The molecule has 102 valence electrons. The Hall–Kier alpha value is -1.88. The van der Waals surface area contributed by atoms with Crippen molar-refractivity contribution in [2.24, 2.45) is 11.7 Å². The summed E-state index contributed by atoms with van der Waals surface area (Å²) in [5.41, 5.74) is 7.96. The predicted octanol–water partition coefficient (Wildman–Crippen LogP) is 1.97. The van der Waals surface area contributed by atoms with E-state index in [0.29, 0.717) is 18.3 Å². The van der Waals surface area contributed by atoms with E-state index < -0.39 is 0 Å². The Bertz CT molecular complexity index is 518. The largest absolute Gasteiger partial charge is 0.481 e. The van der Waals surface area contributed by atoms with Crippen LogP contribution in [0.4, 0.5) is 0 Å². The van der Waals surface area contributed by atoms with Gasteiger partial charge in [0.2, 0.25) is 5.88 Å². The van der Waals surface area contributed by atoms with Crippen molar-refractivity contribution in [1.82, 2.24) is 14.5 Å². The van der Waals surface area contributed by atoms with Crippen molar-refractivity contribution in [2.45, 2.75) is 19.8 Å². The molecule has 1 unspecified atom stereocenters. The fraction of sp³-hybridized carbons (Fsp3) is 0.429. The van der Waals surface area contributed by atoms with Crippen molar-refractivity contribution in [2.75, 3.05) is 13.7 Å². The topological polar surface area (TPSA) is 66.0 Å². The number of methoxy groups -OCH3 is 1. The van der Waals surface area contributed by atoms with Gasteiger partial charge in [0, 0.05) is 30.4 Å². The number of nitrogens with zero attached hydrogens (tertiary/aromatic N) is 3. The van der Waals surface area contributed by atoms with E-state index in [4.69, 9.17) is 10.5 Å². The number of rotatable bonds is 5. The number of hydrogen-bond acceptors (Lipinski definition) is 4. The van der Waals surface area contributed by atoms with E-state index in [1.807, 2.05) is 22.9 Å². The molecular formula is C14H20N4O. The lowest BCUT2D eigenvalue weighted by Crippen LogP contribution is -2.20. The SMILES string of the molecule is COc1ccc(-n2cncc2C(CN)C(C)C)cn1. The van der Waals surface area contributed by atoms with Crippen molar-refractivity contribution >= 4 is 0 Å². The van der Waals surface area contributed by atoms with Crippen molar-refractivity contribution < 1.29 is 4.74 Å². The van der Waals surface area contributed by atoms with Crippen LogP contribution in [0.5, 0.6) is 5.88 Å². The first-order valence-corrected chi connectivity index (χ1v) is 6.40. The summed E-state index contributed by atoms with van der Waals surface area (Å²) < 4.78 is 7.10. The second kappa shape index (κ2) is 5.84. The minimum atomic E-state index is 0.282. The zero-order valence-corrected chi connectivity index (χ0v) is 11.6. The molecule has 0 saturated carbocycles. The lowest BCUT2D eigenvalue weighted by molar-refractivity contribution is 0.397. The quantitative estimate of drug-likeness (QED) is 0.892. The zero-order valence-electron chi connectivity index (χ0n) is 11.6. The maximum Gasteiger partial charge on any atom is 0.213 e. The molecule has 5 nitrogen and oxygen atoms in total. The van der Waals surface area contributed by atoms with Crippen molar-refractivity contribution in [3.05, 3.63) is 36.5 Å². The van der Waals surface area contributed by atoms with E-state index in [2.05, 4.69) is 23.8 Å². The molecule has 1 atom stereocenters. The number of imidazole rings is 1. The van der Waals surface area contributed by atoms with Gasteiger partial charge in [0.25, 0.3) is 0 Å². The van der Waals surface area contributed by atoms with Gasteiger partial charge in [-0.2, -0.15) is 0 Å². The van der Waals surface area contributed by atoms with Gasteiger partial charge in [-0.15, -0.1) is 0 Å². The molecule has 0 saturated heterocycles. The molecule has 0 aromatic carbocycles. The molecule has 2 rings (SSSR count). The summed E-state index contributed by atoms with van der Waals surface area (Å²) in [5.74, 6) is 1.35. The molecule has 0 aliphatic heterocycles. The Balaban J connectivity index is 2.37. The molecule has 2 heterocycles. The van der Waals surface area contributed by atoms with Crippen LogP contribution in [-0.4, -0.2) is 28.2 Å². The predicted molar refractivity (Wildman–Crippen MR) is 74.5 cm³/mol. The van der Waals surface area contributed by atoms with Crippen molar-refractivity contribution in [3.63, 3.8) is 0 Å². The Morgan fingerprint density at radius 2 is 2.11 bits per heavy atom. The monoisotopic (exact) mass is 260 g/mol. The highest BCUT2D eigenvalue weighted by atomic mass is 16.5. The van der Waals surface area contributed by atoms with Crippen LogP contribution in [0.15, 0.2) is 30.9 Å². The zero-order chi connectivity index (χ0) is 13.8. The van der Waals surface area contributed by atoms with Crippen LogP contribution in [0.2, 0.25) is 0 Å². The van der Waals surface area contributed by atoms with Gasteiger partial charge in [0.05, 0.1) is 25.3 Å². The van der Waals surface area contributed by atoms with Crippen LogP contribution in [0.25, 0.3) is 5.69 Å². The lowest BCUT2D eigenvalue weighted by Gasteiger charge is -2.20. The highest BCUT2D eigenvalue weighted by Gasteiger charge is 2.18. The third kappa shape index (κ3) is 2.76. The maximum atomic E-state index is 5.88. The van der Waals surface area contributed by atoms with Gasteiger partial charge in [-0.25, -0.2) is 9.97 Å². The third-order valence-electron chi connectivity index (χ3n) is 3.31. The fourth-order valence-electron chi connectivity index (χ4n) is 2.17. The minimum Gasteiger partial charge on any atom is -0.481 e. The molecule has 2 aromatic heterocycles. The molecule has 2 N–H and O–H groups in total. The van der Waals surface area contributed by atoms with E-state index in [1.165, 1.54) is 0 Å². The van der Waals surface area contributed by atoms with Crippen LogP contribution in [-0.2, 0) is 0 Å². The Morgan fingerprint density at radius 3 is 2.63 bits per heavy atom. The molecular weight excluding hydrogens is 240 g/mol. The summed E-state index contributed by atoms with van der Waals surface area (Å²) in [6, 6.07) is 3.80. The van der Waals surface area contributed by atoms with Gasteiger partial charge >= 0.3 is 0 Å². The Kier molecular flexibility index (Phi) is 4.16. The molecule has 0 bridgehead atoms. The molecule has 0 aliphatic carbocycles. The third-order valence-corrected chi connectivity index (χ3v) is 3.31. The van der Waals surface area contributed by atoms with Crippen LogP contribution in [0.3, 0.4) is 0 Å².